The first-order valence-corrected chi connectivity index (χ1v) is 10.6. The number of aromatic hydroxyl groups is 1. The molecule has 1 aromatic carbocycles. The topological polar surface area (TPSA) is 94.2 Å². The van der Waals surface area contributed by atoms with Crippen molar-refractivity contribution in [2.75, 3.05) is 13.7 Å². The number of hydrogen-bond acceptors (Lipinski definition) is 8. The van der Waals surface area contributed by atoms with E-state index in [0.717, 1.165) is 31.2 Å². The number of nitrogens with zero attached hydrogens (tertiary/aromatic N) is 2. The molecule has 0 saturated heterocycles. The number of oxazole rings is 1. The van der Waals surface area contributed by atoms with Crippen LogP contribution in [0.3, 0.4) is 0 Å². The Morgan fingerprint density at radius 3 is 3.00 bits per heavy atom. The Kier molecular flexibility index (Phi) is 5.85. The second-order valence-corrected chi connectivity index (χ2v) is 7.89. The summed E-state index contributed by atoms with van der Waals surface area (Å²) in [7, 11) is 1.58. The molecule has 0 aliphatic heterocycles. The highest BCUT2D eigenvalue weighted by molar-refractivity contribution is 7.16. The molecule has 2 heterocycles. The first kappa shape index (κ1) is 20.2. The number of benzene rings is 1. The van der Waals surface area contributed by atoms with Gasteiger partial charge in [-0.25, -0.2) is 14.8 Å². The maximum Gasteiger partial charge on any atom is 0.341 e. The highest BCUT2D eigenvalue weighted by Gasteiger charge is 2.26. The van der Waals surface area contributed by atoms with Gasteiger partial charge >= 0.3 is 11.9 Å². The van der Waals surface area contributed by atoms with E-state index in [2.05, 4.69) is 9.98 Å². The van der Waals surface area contributed by atoms with Crippen LogP contribution in [0.4, 0.5) is 5.00 Å². The Bertz CT molecular complexity index is 1100. The van der Waals surface area contributed by atoms with Crippen molar-refractivity contribution < 1.29 is 23.8 Å². The monoisotopic (exact) mass is 426 g/mol. The van der Waals surface area contributed by atoms with Crippen LogP contribution in [0.5, 0.6) is 11.7 Å². The summed E-state index contributed by atoms with van der Waals surface area (Å²) in [6.45, 7) is 2.09. The Labute approximate surface area is 178 Å². The summed E-state index contributed by atoms with van der Waals surface area (Å²) in [6, 6.07) is 7.19. The van der Waals surface area contributed by atoms with Crippen molar-refractivity contribution in [3.63, 3.8) is 0 Å². The van der Waals surface area contributed by atoms with Gasteiger partial charge in [-0.3, -0.25) is 0 Å². The van der Waals surface area contributed by atoms with Crippen molar-refractivity contribution in [1.29, 1.82) is 0 Å². The maximum absolute atomic E-state index is 12.5. The van der Waals surface area contributed by atoms with Crippen molar-refractivity contribution in [2.24, 2.45) is 4.99 Å². The first-order chi connectivity index (χ1) is 14.6. The van der Waals surface area contributed by atoms with Crippen molar-refractivity contribution in [3.8, 4) is 23.1 Å². The summed E-state index contributed by atoms with van der Waals surface area (Å²) >= 11 is 1.49. The van der Waals surface area contributed by atoms with E-state index in [1.54, 1.807) is 26.2 Å². The highest BCUT2D eigenvalue weighted by Crippen LogP contribution is 2.40. The van der Waals surface area contributed by atoms with E-state index in [1.165, 1.54) is 22.4 Å². The van der Waals surface area contributed by atoms with Crippen molar-refractivity contribution >= 4 is 28.5 Å². The average Bonchev–Trinajstić information content (AvgIpc) is 3.32. The normalized spacial score (nSPS) is 13.4. The number of rotatable bonds is 6. The summed E-state index contributed by atoms with van der Waals surface area (Å²) in [5.41, 5.74) is 2.43. The van der Waals surface area contributed by atoms with Crippen LogP contribution in [0, 0.1) is 0 Å². The zero-order chi connectivity index (χ0) is 21.1. The number of ether oxygens (including phenoxy) is 2. The molecule has 8 heteroatoms. The van der Waals surface area contributed by atoms with Crippen LogP contribution >= 0.6 is 11.3 Å². The number of carbonyl (C=O) groups excluding carboxylic acids is 1. The van der Waals surface area contributed by atoms with E-state index in [4.69, 9.17) is 13.9 Å². The quantitative estimate of drug-likeness (QED) is 0.444. The molecular weight excluding hydrogens is 404 g/mol. The van der Waals surface area contributed by atoms with Crippen molar-refractivity contribution in [3.05, 3.63) is 46.0 Å². The summed E-state index contributed by atoms with van der Waals surface area (Å²) in [6.07, 6.45) is 5.37. The predicted octanol–water partition coefficient (Wildman–Crippen LogP) is 4.92. The molecule has 30 heavy (non-hydrogen) atoms. The minimum Gasteiger partial charge on any atom is -0.497 e. The minimum atomic E-state index is -0.356. The van der Waals surface area contributed by atoms with Crippen LogP contribution < -0.4 is 4.74 Å². The summed E-state index contributed by atoms with van der Waals surface area (Å²) in [4.78, 5) is 22.5. The molecular formula is C22H22N2O5S. The second kappa shape index (κ2) is 8.71. The third kappa shape index (κ3) is 3.95. The second-order valence-electron chi connectivity index (χ2n) is 6.81. The molecule has 1 aliphatic carbocycles. The van der Waals surface area contributed by atoms with Gasteiger partial charge in [0.15, 0.2) is 5.69 Å². The molecule has 3 aromatic rings. The lowest BCUT2D eigenvalue weighted by Crippen LogP contribution is -2.09. The maximum atomic E-state index is 12.5. The Balaban J connectivity index is 1.66. The van der Waals surface area contributed by atoms with Gasteiger partial charge in [-0.1, -0.05) is 6.07 Å². The van der Waals surface area contributed by atoms with Gasteiger partial charge in [-0.15, -0.1) is 11.3 Å². The van der Waals surface area contributed by atoms with Crippen LogP contribution in [0.25, 0.3) is 11.5 Å². The van der Waals surface area contributed by atoms with Crippen LogP contribution in [-0.4, -0.2) is 36.0 Å². The van der Waals surface area contributed by atoms with Crippen LogP contribution in [0.15, 0.2) is 33.7 Å². The Morgan fingerprint density at radius 2 is 2.20 bits per heavy atom. The van der Waals surface area contributed by atoms with Gasteiger partial charge in [-0.2, -0.15) is 0 Å². The van der Waals surface area contributed by atoms with E-state index in [9.17, 15) is 9.90 Å². The zero-order valence-electron chi connectivity index (χ0n) is 16.8. The molecule has 0 fully saturated rings. The molecule has 0 unspecified atom stereocenters. The molecule has 0 saturated carbocycles. The van der Waals surface area contributed by atoms with Gasteiger partial charge < -0.3 is 19.0 Å². The van der Waals surface area contributed by atoms with Crippen molar-refractivity contribution in [2.45, 2.75) is 32.6 Å². The van der Waals surface area contributed by atoms with Gasteiger partial charge in [0, 0.05) is 10.4 Å². The van der Waals surface area contributed by atoms with Gasteiger partial charge in [0.05, 0.1) is 25.5 Å². The summed E-state index contributed by atoms with van der Waals surface area (Å²) in [5, 5.41) is 10.8. The molecule has 0 atom stereocenters. The lowest BCUT2D eigenvalue weighted by molar-refractivity contribution is 0.0526. The highest BCUT2D eigenvalue weighted by atomic mass is 32.1. The standard InChI is InChI=1S/C22H22N2O5S/c1-3-28-22(26)18-15-9-4-5-10-17(15)30-20(18)23-12-16-21(25)29-19(24-16)13-7-6-8-14(11-13)27-2/h6-8,11-12,25H,3-5,9-10H2,1-2H3/b23-12+. The number of aryl methyl sites for hydroxylation is 1. The fourth-order valence-corrected chi connectivity index (χ4v) is 4.68. The molecule has 156 valence electrons. The van der Waals surface area contributed by atoms with E-state index >= 15 is 0 Å². The lowest BCUT2D eigenvalue weighted by Gasteiger charge is -2.11. The molecule has 7 nitrogen and oxygen atoms in total. The third-order valence-electron chi connectivity index (χ3n) is 4.89. The molecule has 0 spiro atoms. The van der Waals surface area contributed by atoms with Gasteiger partial charge in [-0.05, 0) is 56.4 Å². The zero-order valence-corrected chi connectivity index (χ0v) is 17.6. The number of thiophene rings is 1. The molecule has 2 aromatic heterocycles. The number of methoxy groups -OCH3 is 1. The first-order valence-electron chi connectivity index (χ1n) is 9.80. The third-order valence-corrected chi connectivity index (χ3v) is 6.09. The van der Waals surface area contributed by atoms with Gasteiger partial charge in [0.25, 0.3) is 0 Å². The summed E-state index contributed by atoms with van der Waals surface area (Å²) in [5.74, 6) is 0.216. The summed E-state index contributed by atoms with van der Waals surface area (Å²) < 4.78 is 15.9. The van der Waals surface area contributed by atoms with Crippen LogP contribution in [0.2, 0.25) is 0 Å². The Morgan fingerprint density at radius 1 is 1.37 bits per heavy atom. The SMILES string of the molecule is CCOC(=O)c1c(/N=C/c2nc(-c3cccc(OC)c3)oc2O)sc2c1CCCC2. The number of aliphatic imine (C=N–C) groups is 1. The molecule has 0 radical (unpaired) electrons. The van der Waals surface area contributed by atoms with Gasteiger partial charge in [0.1, 0.15) is 10.8 Å². The Hall–Kier alpha value is -3.13. The predicted molar refractivity (Wildman–Crippen MR) is 114 cm³/mol. The minimum absolute atomic E-state index is 0.189. The number of aromatic nitrogens is 1. The fraction of sp³-hybridized carbons (Fsp3) is 0.318. The lowest BCUT2D eigenvalue weighted by atomic mass is 9.95. The van der Waals surface area contributed by atoms with E-state index < -0.39 is 0 Å². The van der Waals surface area contributed by atoms with E-state index in [1.807, 2.05) is 12.1 Å². The van der Waals surface area contributed by atoms with Crippen LogP contribution in [0.1, 0.15) is 46.3 Å². The van der Waals surface area contributed by atoms with Crippen molar-refractivity contribution in [1.82, 2.24) is 4.98 Å². The van der Waals surface area contributed by atoms with E-state index in [-0.39, 0.29) is 23.5 Å². The van der Waals surface area contributed by atoms with Gasteiger partial charge in [0.2, 0.25) is 5.89 Å². The average molecular weight is 426 g/mol. The molecule has 0 bridgehead atoms. The molecule has 1 aliphatic rings. The number of fused-ring (bicyclic) bond motifs is 1. The molecule has 4 rings (SSSR count). The number of carbonyl (C=O) groups is 1. The fourth-order valence-electron chi connectivity index (χ4n) is 3.46. The van der Waals surface area contributed by atoms with E-state index in [0.29, 0.717) is 28.5 Å². The largest absolute Gasteiger partial charge is 0.497 e. The number of esters is 1. The number of hydrogen-bond donors (Lipinski definition) is 1. The molecule has 1 N–H and O–H groups in total. The molecule has 0 amide bonds. The smallest absolute Gasteiger partial charge is 0.341 e. The van der Waals surface area contributed by atoms with Crippen LogP contribution in [-0.2, 0) is 17.6 Å².